The summed E-state index contributed by atoms with van der Waals surface area (Å²) >= 11 is 0. The molecule has 14 nitrogen and oxygen atoms in total. The Morgan fingerprint density at radius 1 is 0.861 bits per heavy atom. The number of allylic oxidation sites excluding steroid dienone is 6. The Hall–Kier alpha value is -3.34. The van der Waals surface area contributed by atoms with Gasteiger partial charge in [-0.05, 0) is 139 Å². The zero-order valence-corrected chi connectivity index (χ0v) is 46.2. The van der Waals surface area contributed by atoms with Crippen molar-refractivity contribution in [3.63, 3.8) is 0 Å². The maximum Gasteiger partial charge on any atom is 0.329 e. The van der Waals surface area contributed by atoms with Crippen molar-refractivity contribution in [3.05, 3.63) is 59.8 Å². The van der Waals surface area contributed by atoms with Gasteiger partial charge in [-0.25, -0.2) is 4.79 Å². The summed E-state index contributed by atoms with van der Waals surface area (Å²) in [4.78, 5) is 58.9. The third kappa shape index (κ3) is 17.4. The molecule has 1 aliphatic carbocycles. The molecule has 1 unspecified atom stereocenters. The molecule has 1 amide bonds. The fourth-order valence-electron chi connectivity index (χ4n) is 11.0. The lowest BCUT2D eigenvalue weighted by Gasteiger charge is -2.42. The quantitative estimate of drug-likeness (QED) is 0.0919. The Kier molecular flexibility index (Phi) is 24.3. The van der Waals surface area contributed by atoms with E-state index in [0.29, 0.717) is 63.7 Å². The minimum absolute atomic E-state index is 0.000705. The van der Waals surface area contributed by atoms with Gasteiger partial charge in [-0.1, -0.05) is 77.7 Å². The number of cyclic esters (lactones) is 1. The van der Waals surface area contributed by atoms with Crippen LogP contribution in [0.5, 0.6) is 0 Å². The van der Waals surface area contributed by atoms with E-state index in [1.54, 1.807) is 48.2 Å². The van der Waals surface area contributed by atoms with Crippen LogP contribution in [0.25, 0.3) is 0 Å². The lowest BCUT2D eigenvalue weighted by molar-refractivity contribution is -0.265. The average Bonchev–Trinajstić information content (AvgIpc) is 3.34. The molecule has 1 saturated carbocycles. The lowest BCUT2D eigenvalue weighted by atomic mass is 9.78. The van der Waals surface area contributed by atoms with Gasteiger partial charge >= 0.3 is 5.97 Å². The van der Waals surface area contributed by atoms with Crippen molar-refractivity contribution in [2.45, 2.75) is 206 Å². The van der Waals surface area contributed by atoms with Crippen molar-refractivity contribution in [2.24, 2.45) is 35.5 Å². The molecule has 3 heterocycles. The highest BCUT2D eigenvalue weighted by Gasteiger charge is 2.53. The molecule has 15 atom stereocenters. The zero-order valence-electron chi connectivity index (χ0n) is 46.2. The van der Waals surface area contributed by atoms with Gasteiger partial charge in [-0.2, -0.15) is 0 Å². The SMILES string of the molecule is C=C1[C@@H](C)C[C@@H](C)/C=C/C=C/C=C(\C)[C@@H](OC)C[C@H]2CC[C@H](C)[C@](O)(O2)C(=O)C(=O)N2CCCC[C@@H]2C(=O)OC([C@@H](C)C[C@@H]2CC[C@@H](OCCOC(C)(C)C)[C@H](OC)C2)CC(=O)[C@H](C)/C=C(\C)[C@@H](O)[C@H]1OC. The number of fused-ring (bicyclic) bond motifs is 3. The third-order valence-electron chi connectivity index (χ3n) is 15.6. The molecular weight excluding hydrogens is 919 g/mol. The number of piperidine rings is 1. The molecule has 0 aromatic carbocycles. The predicted molar refractivity (Wildman–Crippen MR) is 279 cm³/mol. The summed E-state index contributed by atoms with van der Waals surface area (Å²) in [5, 5.41) is 23.7. The molecule has 0 spiro atoms. The van der Waals surface area contributed by atoms with Crippen LogP contribution in [-0.4, -0.2) is 140 Å². The second-order valence-electron chi connectivity index (χ2n) is 22.6. The molecule has 408 valence electrons. The van der Waals surface area contributed by atoms with E-state index in [9.17, 15) is 29.4 Å². The molecular formula is C58H93NO13. The van der Waals surface area contributed by atoms with E-state index in [2.05, 4.69) is 26.5 Å². The number of carbonyl (C=O) groups is 4. The van der Waals surface area contributed by atoms with Crippen LogP contribution in [-0.2, 0) is 52.3 Å². The van der Waals surface area contributed by atoms with E-state index in [1.165, 1.54) is 4.90 Å². The van der Waals surface area contributed by atoms with Crippen molar-refractivity contribution in [3.8, 4) is 0 Å². The van der Waals surface area contributed by atoms with Gasteiger partial charge in [-0.15, -0.1) is 0 Å². The van der Waals surface area contributed by atoms with E-state index in [0.717, 1.165) is 30.4 Å². The Morgan fingerprint density at radius 2 is 1.58 bits per heavy atom. The number of amides is 1. The normalized spacial score (nSPS) is 37.9. The first-order chi connectivity index (χ1) is 33.9. The monoisotopic (exact) mass is 1010 g/mol. The number of esters is 1. The van der Waals surface area contributed by atoms with Gasteiger partial charge < -0.3 is 48.3 Å². The molecule has 3 aliphatic heterocycles. The number of nitrogens with zero attached hydrogens (tertiary/aromatic N) is 1. The van der Waals surface area contributed by atoms with Crippen LogP contribution in [0.1, 0.15) is 146 Å². The highest BCUT2D eigenvalue weighted by Crippen LogP contribution is 2.38. The molecule has 2 bridgehead atoms. The Bertz CT molecular complexity index is 1920. The standard InChI is InChI=1S/C58H93NO13/c1-36-20-16-15-17-21-37(2)49(66-12)34-45-25-23-42(7)58(65,72-45)54(62)55(63)59-27-19-18-22-46(59)56(64)71-50(35-47(60)39(4)31-41(6)52(61)53(68-14)43(8)38(3)30-36)40(5)32-44-24-26-48(51(33-44)67-13)69-28-29-70-57(9,10)11/h15-17,20-21,31,36,38-40,42,44-46,48-53,61,65H,8,18-19,22-30,32-35H2,1-7,9-14H3/b17-15+,20-16+,37-21+,41-31+/t36-,38-,39+,40-,42-,44-,45+,46+,48+,49-,50?,51+,52+,53-,58-/m0/s1. The number of aliphatic hydroxyl groups excluding tert-OH is 1. The second kappa shape index (κ2) is 28.5. The van der Waals surface area contributed by atoms with Crippen molar-refractivity contribution >= 4 is 23.4 Å². The van der Waals surface area contributed by atoms with Crippen molar-refractivity contribution < 1.29 is 62.5 Å². The van der Waals surface area contributed by atoms with Crippen LogP contribution in [0, 0.1) is 35.5 Å². The lowest BCUT2D eigenvalue weighted by Crippen LogP contribution is -2.61. The first-order valence-corrected chi connectivity index (χ1v) is 26.8. The van der Waals surface area contributed by atoms with Gasteiger partial charge in [0.05, 0.1) is 43.2 Å². The van der Waals surface area contributed by atoms with E-state index >= 15 is 0 Å². The first-order valence-electron chi connectivity index (χ1n) is 26.8. The summed E-state index contributed by atoms with van der Waals surface area (Å²) in [6.45, 7) is 24.8. The predicted octanol–water partition coefficient (Wildman–Crippen LogP) is 9.01. The zero-order chi connectivity index (χ0) is 53.5. The number of hydrogen-bond donors (Lipinski definition) is 2. The molecule has 3 fully saturated rings. The number of ketones is 2. The van der Waals surface area contributed by atoms with E-state index in [-0.39, 0.29) is 66.7 Å². The summed E-state index contributed by atoms with van der Waals surface area (Å²) in [6, 6.07) is -1.12. The molecule has 2 saturated heterocycles. The Labute approximate surface area is 432 Å². The minimum Gasteiger partial charge on any atom is -0.460 e. The van der Waals surface area contributed by atoms with Gasteiger partial charge in [0.25, 0.3) is 11.7 Å². The number of hydrogen-bond acceptors (Lipinski definition) is 13. The molecule has 2 N–H and O–H groups in total. The summed E-state index contributed by atoms with van der Waals surface area (Å²) in [5.74, 6) is -6.72. The fraction of sp³-hybridized carbons (Fsp3) is 0.759. The van der Waals surface area contributed by atoms with Crippen LogP contribution in [0.4, 0.5) is 0 Å². The number of carbonyl (C=O) groups excluding carboxylic acids is 4. The number of rotatable bonds is 10. The van der Waals surface area contributed by atoms with Crippen LogP contribution >= 0.6 is 0 Å². The summed E-state index contributed by atoms with van der Waals surface area (Å²) < 4.78 is 42.4. The fourth-order valence-corrected chi connectivity index (χ4v) is 11.0. The van der Waals surface area contributed by atoms with Crippen LogP contribution in [0.2, 0.25) is 0 Å². The molecule has 4 rings (SSSR count). The van der Waals surface area contributed by atoms with Crippen LogP contribution < -0.4 is 0 Å². The number of ether oxygens (including phenoxy) is 7. The van der Waals surface area contributed by atoms with Gasteiger partial charge in [-0.3, -0.25) is 14.4 Å². The van der Waals surface area contributed by atoms with Gasteiger partial charge in [0.1, 0.15) is 30.1 Å². The first kappa shape index (κ1) is 61.2. The minimum atomic E-state index is -2.42. The molecule has 72 heavy (non-hydrogen) atoms. The summed E-state index contributed by atoms with van der Waals surface area (Å²) in [5.41, 5.74) is 1.95. The highest BCUT2D eigenvalue weighted by molar-refractivity contribution is 6.39. The molecule has 4 aliphatic rings. The number of methoxy groups -OCH3 is 3. The van der Waals surface area contributed by atoms with Crippen molar-refractivity contribution in [1.82, 2.24) is 4.90 Å². The topological polar surface area (TPSA) is 177 Å². The Morgan fingerprint density at radius 3 is 2.25 bits per heavy atom. The highest BCUT2D eigenvalue weighted by atomic mass is 16.6. The molecule has 0 radical (unpaired) electrons. The van der Waals surface area contributed by atoms with Crippen LogP contribution in [0.15, 0.2) is 59.8 Å². The summed E-state index contributed by atoms with van der Waals surface area (Å²) in [7, 11) is 4.84. The third-order valence-corrected chi connectivity index (χ3v) is 15.6. The maximum atomic E-state index is 14.6. The Balaban J connectivity index is 1.67. The largest absolute Gasteiger partial charge is 0.460 e. The van der Waals surface area contributed by atoms with Crippen LogP contribution in [0.3, 0.4) is 0 Å². The van der Waals surface area contributed by atoms with Gasteiger partial charge in [0, 0.05) is 52.6 Å². The molecule has 0 aromatic heterocycles. The van der Waals surface area contributed by atoms with Gasteiger partial charge in [0.2, 0.25) is 5.79 Å². The molecule has 0 aromatic rings. The smallest absolute Gasteiger partial charge is 0.329 e. The molecule has 14 heteroatoms. The van der Waals surface area contributed by atoms with E-state index in [4.69, 9.17) is 33.2 Å². The summed E-state index contributed by atoms with van der Waals surface area (Å²) in [6.07, 6.45) is 14.1. The average molecular weight is 1010 g/mol. The van der Waals surface area contributed by atoms with Crippen molar-refractivity contribution in [2.75, 3.05) is 41.1 Å². The second-order valence-corrected chi connectivity index (χ2v) is 22.6. The van der Waals surface area contributed by atoms with Crippen molar-refractivity contribution in [1.29, 1.82) is 0 Å². The van der Waals surface area contributed by atoms with E-state index in [1.807, 2.05) is 58.9 Å². The number of Topliss-reactive ketones (excluding diaryl/α,β-unsaturated/α-hetero) is 2. The van der Waals surface area contributed by atoms with Gasteiger partial charge in [0.15, 0.2) is 0 Å². The van der Waals surface area contributed by atoms with E-state index < -0.39 is 71.8 Å². The number of aliphatic hydroxyl groups is 2. The maximum absolute atomic E-state index is 14.6.